The number of ether oxygens (including phenoxy) is 1. The maximum Gasteiger partial charge on any atom is 0.147 e. The molecule has 0 N–H and O–H groups in total. The first-order chi connectivity index (χ1) is 9.10. The number of aromatic nitrogens is 2. The lowest BCUT2D eigenvalue weighted by molar-refractivity contribution is 0.180. The third kappa shape index (κ3) is 3.75. The lowest BCUT2D eigenvalue weighted by Crippen LogP contribution is -2.03. The summed E-state index contributed by atoms with van der Waals surface area (Å²) in [7, 11) is 1.63. The molecule has 0 atom stereocenters. The predicted molar refractivity (Wildman–Crippen MR) is 79.4 cm³/mol. The van der Waals surface area contributed by atoms with Crippen LogP contribution in [0.15, 0.2) is 28.7 Å². The van der Waals surface area contributed by atoms with Crippen LogP contribution in [0.2, 0.25) is 5.15 Å². The Morgan fingerprint density at radius 2 is 1.89 bits per heavy atom. The number of halogens is 2. The van der Waals surface area contributed by atoms with Gasteiger partial charge in [-0.25, -0.2) is 9.97 Å². The lowest BCUT2D eigenvalue weighted by Gasteiger charge is -2.08. The van der Waals surface area contributed by atoms with Crippen molar-refractivity contribution >= 4 is 27.5 Å². The van der Waals surface area contributed by atoms with Gasteiger partial charge in [0.2, 0.25) is 0 Å². The van der Waals surface area contributed by atoms with Crippen molar-refractivity contribution in [3.05, 3.63) is 56.5 Å². The van der Waals surface area contributed by atoms with Crippen LogP contribution in [0.4, 0.5) is 0 Å². The maximum atomic E-state index is 6.09. The molecule has 0 saturated heterocycles. The monoisotopic (exact) mass is 340 g/mol. The van der Waals surface area contributed by atoms with E-state index in [2.05, 4.69) is 57.1 Å². The molecule has 2 rings (SSSR count). The zero-order chi connectivity index (χ0) is 13.8. The molecule has 0 amide bonds. The number of benzene rings is 1. The maximum absolute atomic E-state index is 6.09. The van der Waals surface area contributed by atoms with Gasteiger partial charge in [-0.2, -0.15) is 0 Å². The first-order valence-corrected chi connectivity index (χ1v) is 7.02. The van der Waals surface area contributed by atoms with Gasteiger partial charge < -0.3 is 4.74 Å². The van der Waals surface area contributed by atoms with Gasteiger partial charge in [0.05, 0.1) is 16.8 Å². The van der Waals surface area contributed by atoms with E-state index in [0.717, 1.165) is 11.3 Å². The van der Waals surface area contributed by atoms with Gasteiger partial charge in [0.25, 0.3) is 0 Å². The fourth-order valence-electron chi connectivity index (χ4n) is 1.71. The first kappa shape index (κ1) is 14.4. The van der Waals surface area contributed by atoms with Crippen LogP contribution in [-0.4, -0.2) is 17.1 Å². The number of hydrogen-bond acceptors (Lipinski definition) is 3. The van der Waals surface area contributed by atoms with E-state index in [1.807, 2.05) is 0 Å². The fourth-order valence-corrected chi connectivity index (χ4v) is 2.21. The van der Waals surface area contributed by atoms with Crippen molar-refractivity contribution in [2.75, 3.05) is 7.11 Å². The molecule has 1 heterocycles. The molecule has 0 unspecified atom stereocenters. The van der Waals surface area contributed by atoms with Crippen molar-refractivity contribution in [1.82, 2.24) is 9.97 Å². The van der Waals surface area contributed by atoms with Gasteiger partial charge in [-0.3, -0.25) is 0 Å². The zero-order valence-electron chi connectivity index (χ0n) is 10.8. The van der Waals surface area contributed by atoms with Crippen LogP contribution in [0.1, 0.15) is 22.6 Å². The van der Waals surface area contributed by atoms with Crippen molar-refractivity contribution in [3.63, 3.8) is 0 Å². The second-order valence-electron chi connectivity index (χ2n) is 4.29. The van der Waals surface area contributed by atoms with E-state index in [-0.39, 0.29) is 0 Å². The number of rotatable bonds is 4. The summed E-state index contributed by atoms with van der Waals surface area (Å²) in [6.07, 6.45) is 0.657. The second-order valence-corrected chi connectivity index (χ2v) is 5.44. The summed E-state index contributed by atoms with van der Waals surface area (Å²) >= 11 is 9.47. The van der Waals surface area contributed by atoms with Crippen molar-refractivity contribution in [2.45, 2.75) is 20.0 Å². The zero-order valence-corrected chi connectivity index (χ0v) is 13.1. The van der Waals surface area contributed by atoms with Gasteiger partial charge in [0.15, 0.2) is 0 Å². The Morgan fingerprint density at radius 1 is 1.21 bits per heavy atom. The van der Waals surface area contributed by atoms with Gasteiger partial charge in [-0.05, 0) is 28.4 Å². The Morgan fingerprint density at radius 3 is 2.53 bits per heavy atom. The summed E-state index contributed by atoms with van der Waals surface area (Å²) < 4.78 is 5.80. The standard InChI is InChI=1S/C14H14BrClN2O/c1-9-3-5-10(6-4-9)7-12-17-11(8-19-2)13(15)14(16)18-12/h3-6H,7-8H2,1-2H3. The largest absolute Gasteiger partial charge is 0.378 e. The first-order valence-electron chi connectivity index (χ1n) is 5.85. The molecule has 0 aliphatic rings. The van der Waals surface area contributed by atoms with Crippen LogP contribution in [0, 0.1) is 6.92 Å². The highest BCUT2D eigenvalue weighted by molar-refractivity contribution is 9.10. The Kier molecular flexibility index (Phi) is 4.91. The van der Waals surface area contributed by atoms with Crippen molar-refractivity contribution in [2.24, 2.45) is 0 Å². The lowest BCUT2D eigenvalue weighted by atomic mass is 10.1. The molecule has 19 heavy (non-hydrogen) atoms. The Bertz CT molecular complexity index is 572. The highest BCUT2D eigenvalue weighted by Gasteiger charge is 2.11. The smallest absolute Gasteiger partial charge is 0.147 e. The van der Waals surface area contributed by atoms with Gasteiger partial charge in [0.1, 0.15) is 11.0 Å². The predicted octanol–water partition coefficient (Wildman–Crippen LogP) is 3.94. The SMILES string of the molecule is COCc1nc(Cc2ccc(C)cc2)nc(Cl)c1Br. The van der Waals surface area contributed by atoms with Crippen LogP contribution in [-0.2, 0) is 17.8 Å². The molecule has 0 aliphatic carbocycles. The molecule has 3 nitrogen and oxygen atoms in total. The van der Waals surface area contributed by atoms with Gasteiger partial charge in [0, 0.05) is 13.5 Å². The average Bonchev–Trinajstić information content (AvgIpc) is 2.38. The quantitative estimate of drug-likeness (QED) is 0.790. The second kappa shape index (κ2) is 6.46. The number of nitrogens with zero attached hydrogens (tertiary/aromatic N) is 2. The summed E-state index contributed by atoms with van der Waals surface area (Å²) in [5.41, 5.74) is 3.16. The van der Waals surface area contributed by atoms with Gasteiger partial charge >= 0.3 is 0 Å². The molecule has 5 heteroatoms. The highest BCUT2D eigenvalue weighted by Crippen LogP contribution is 2.24. The Balaban J connectivity index is 2.27. The molecule has 2 aromatic rings. The van der Waals surface area contributed by atoms with Crippen molar-refractivity contribution in [3.8, 4) is 0 Å². The van der Waals surface area contributed by atoms with Crippen LogP contribution < -0.4 is 0 Å². The van der Waals surface area contributed by atoms with Gasteiger partial charge in [-0.15, -0.1) is 0 Å². The normalized spacial score (nSPS) is 10.7. The molecule has 0 fully saturated rings. The topological polar surface area (TPSA) is 35.0 Å². The van der Waals surface area contributed by atoms with E-state index in [1.54, 1.807) is 7.11 Å². The fraction of sp³-hybridized carbons (Fsp3) is 0.286. The van der Waals surface area contributed by atoms with Gasteiger partial charge in [-0.1, -0.05) is 41.4 Å². The third-order valence-electron chi connectivity index (χ3n) is 2.69. The number of hydrogen-bond donors (Lipinski definition) is 0. The molecule has 1 aromatic heterocycles. The minimum absolute atomic E-state index is 0.406. The molecule has 1 aromatic carbocycles. The van der Waals surface area contributed by atoms with Crippen LogP contribution in [0.3, 0.4) is 0 Å². The van der Waals surface area contributed by atoms with E-state index in [1.165, 1.54) is 5.56 Å². The third-order valence-corrected chi connectivity index (χ3v) is 4.02. The van der Waals surface area contributed by atoms with Crippen LogP contribution in [0.5, 0.6) is 0 Å². The van der Waals surface area contributed by atoms with E-state index < -0.39 is 0 Å². The minimum Gasteiger partial charge on any atom is -0.378 e. The average molecular weight is 342 g/mol. The number of aryl methyl sites for hydroxylation is 1. The molecular weight excluding hydrogens is 328 g/mol. The molecule has 0 spiro atoms. The Labute approximate surface area is 126 Å². The van der Waals surface area contributed by atoms with E-state index in [4.69, 9.17) is 16.3 Å². The summed E-state index contributed by atoms with van der Waals surface area (Å²) in [4.78, 5) is 8.76. The number of methoxy groups -OCH3 is 1. The van der Waals surface area contributed by atoms with Crippen molar-refractivity contribution < 1.29 is 4.74 Å². The highest BCUT2D eigenvalue weighted by atomic mass is 79.9. The molecule has 100 valence electrons. The van der Waals surface area contributed by atoms with Crippen molar-refractivity contribution in [1.29, 1.82) is 0 Å². The van der Waals surface area contributed by atoms with Crippen LogP contribution in [0.25, 0.3) is 0 Å². The molecule has 0 bridgehead atoms. The van der Waals surface area contributed by atoms with E-state index >= 15 is 0 Å². The molecular formula is C14H14BrClN2O. The Hall–Kier alpha value is -0.970. The molecule has 0 saturated carbocycles. The summed E-state index contributed by atoms with van der Waals surface area (Å²) in [5, 5.41) is 0.421. The van der Waals surface area contributed by atoms with E-state index in [0.29, 0.717) is 28.5 Å². The summed E-state index contributed by atoms with van der Waals surface area (Å²) in [6, 6.07) is 8.30. The minimum atomic E-state index is 0.406. The summed E-state index contributed by atoms with van der Waals surface area (Å²) in [5.74, 6) is 0.698. The molecule has 0 aliphatic heterocycles. The van der Waals surface area contributed by atoms with E-state index in [9.17, 15) is 0 Å². The summed E-state index contributed by atoms with van der Waals surface area (Å²) in [6.45, 7) is 2.47. The van der Waals surface area contributed by atoms with Crippen LogP contribution >= 0.6 is 27.5 Å². The molecule has 0 radical (unpaired) electrons.